The fraction of sp³-hybridized carbons (Fsp3) is 0. The van der Waals surface area contributed by atoms with Crippen LogP contribution in [0.25, 0.3) is 65.3 Å². The summed E-state index contributed by atoms with van der Waals surface area (Å²) < 4.78 is 0. The van der Waals surface area contributed by atoms with Gasteiger partial charge in [-0.05, 0) is 126 Å². The van der Waals surface area contributed by atoms with Gasteiger partial charge < -0.3 is 20.4 Å². The van der Waals surface area contributed by atoms with Crippen molar-refractivity contribution in [3.63, 3.8) is 0 Å². The van der Waals surface area contributed by atoms with Crippen LogP contribution in [0, 0.1) is 0 Å². The standard InChI is InChI=1S/2C56H42O2Si2/c2*57-55-51(59(43-25-7-1-8-26-43,44-27-9-2-10-28-44)45-29-11-3-12-30-45)39-41-23-19-21-37-49(41)53(55)54-50-38-22-20-24-42(50)40-52(56(54)58)60(46-31-13-4-14-32-46,47-33-15-5-16-34-47)48-35-17-6-18-36-48/h2*1-40,57-58H. The molecule has 0 saturated carbocycles. The predicted octanol–water partition coefficient (Wildman–Crippen LogP) is 15.7. The van der Waals surface area contributed by atoms with Crippen molar-refractivity contribution in [3.05, 3.63) is 485 Å². The van der Waals surface area contributed by atoms with Crippen LogP contribution in [0.15, 0.2) is 485 Å². The van der Waals surface area contributed by atoms with Gasteiger partial charge in [0.2, 0.25) is 0 Å². The Balaban J connectivity index is 0.000000159. The zero-order chi connectivity index (χ0) is 81.0. The quantitative estimate of drug-likeness (QED) is 0.0510. The number of hydrogen-bond acceptors (Lipinski definition) is 4. The first kappa shape index (κ1) is 75.5. The highest BCUT2D eigenvalue weighted by Gasteiger charge is 2.50. The van der Waals surface area contributed by atoms with Crippen molar-refractivity contribution in [2.24, 2.45) is 0 Å². The molecule has 0 saturated heterocycles. The predicted molar refractivity (Wildman–Crippen MR) is 515 cm³/mol. The molecule has 0 unspecified atom stereocenters. The number of rotatable bonds is 18. The molecule has 8 heteroatoms. The van der Waals surface area contributed by atoms with E-state index >= 15 is 0 Å². The summed E-state index contributed by atoms with van der Waals surface area (Å²) in [5, 5.41) is 79.3. The van der Waals surface area contributed by atoms with Crippen molar-refractivity contribution in [2.45, 2.75) is 0 Å². The Morgan fingerprint density at radius 2 is 0.233 bits per heavy atom. The molecule has 0 bridgehead atoms. The minimum Gasteiger partial charge on any atom is -0.507 e. The summed E-state index contributed by atoms with van der Waals surface area (Å²) in [4.78, 5) is 0. The lowest BCUT2D eigenvalue weighted by molar-refractivity contribution is 0.474. The zero-order valence-corrected chi connectivity index (χ0v) is 70.0. The highest BCUT2D eigenvalue weighted by atomic mass is 28.3. The molecule has 120 heavy (non-hydrogen) atoms. The first-order chi connectivity index (χ1) is 59.3. The Morgan fingerprint density at radius 1 is 0.125 bits per heavy atom. The molecule has 20 aromatic carbocycles. The largest absolute Gasteiger partial charge is 0.507 e. The van der Waals surface area contributed by atoms with Gasteiger partial charge in [-0.3, -0.25) is 0 Å². The Morgan fingerprint density at radius 3 is 0.358 bits per heavy atom. The third-order valence-electron chi connectivity index (χ3n) is 24.7. The van der Waals surface area contributed by atoms with Crippen LogP contribution in [0.1, 0.15) is 0 Å². The van der Waals surface area contributed by atoms with E-state index in [0.717, 1.165) is 126 Å². The van der Waals surface area contributed by atoms with Gasteiger partial charge in [0.25, 0.3) is 0 Å². The highest BCUT2D eigenvalue weighted by Crippen LogP contribution is 2.47. The van der Waals surface area contributed by atoms with Crippen LogP contribution in [0.3, 0.4) is 0 Å². The van der Waals surface area contributed by atoms with E-state index in [4.69, 9.17) is 0 Å². The third-order valence-corrected chi connectivity index (χ3v) is 43.8. The summed E-state index contributed by atoms with van der Waals surface area (Å²) in [5.41, 5.74) is 2.54. The maximum Gasteiger partial charge on any atom is 0.184 e. The second kappa shape index (κ2) is 32.5. The normalized spacial score (nSPS) is 11.8. The second-order valence-electron chi connectivity index (χ2n) is 30.9. The van der Waals surface area contributed by atoms with Gasteiger partial charge in [0, 0.05) is 22.3 Å². The van der Waals surface area contributed by atoms with Crippen LogP contribution in [0.5, 0.6) is 23.0 Å². The van der Waals surface area contributed by atoms with Crippen molar-refractivity contribution < 1.29 is 20.4 Å². The first-order valence-corrected chi connectivity index (χ1v) is 48.9. The monoisotopic (exact) mass is 1600 g/mol. The van der Waals surface area contributed by atoms with Crippen molar-refractivity contribution >= 4 is 158 Å². The van der Waals surface area contributed by atoms with Crippen molar-refractivity contribution in [2.75, 3.05) is 0 Å². The minimum atomic E-state index is -3.24. The van der Waals surface area contributed by atoms with Gasteiger partial charge in [-0.15, -0.1) is 0 Å². The summed E-state index contributed by atoms with van der Waals surface area (Å²) in [7, 11) is -13.0. The molecule has 20 aromatic rings. The molecule has 0 atom stereocenters. The Kier molecular flexibility index (Phi) is 20.5. The summed E-state index contributed by atoms with van der Waals surface area (Å²) >= 11 is 0. The van der Waals surface area contributed by atoms with Crippen LogP contribution in [0.4, 0.5) is 0 Å². The van der Waals surface area contributed by atoms with Gasteiger partial charge >= 0.3 is 0 Å². The van der Waals surface area contributed by atoms with Gasteiger partial charge in [-0.2, -0.15) is 0 Å². The van der Waals surface area contributed by atoms with E-state index in [1.807, 2.05) is 24.3 Å². The van der Waals surface area contributed by atoms with Crippen LogP contribution in [0.2, 0.25) is 0 Å². The number of benzene rings is 20. The SMILES string of the molecule is Oc1c([Si](c2ccccc2)(c2ccccc2)c2ccccc2)cc2ccccc2c1-c1c(O)c([Si](c2ccccc2)(c2ccccc2)c2ccccc2)cc2ccccc12.Oc1c([Si](c2ccccc2)(c2ccccc2)c2ccccc2)cc2ccccc2c1-c1c(O)c([Si](c2ccccc2)(c2ccccc2)c2ccccc2)cc2ccccc12. The van der Waals surface area contributed by atoms with Gasteiger partial charge in [-0.1, -0.05) is 485 Å². The molecule has 0 aliphatic heterocycles. The molecule has 0 fully saturated rings. The third kappa shape index (κ3) is 12.6. The zero-order valence-electron chi connectivity index (χ0n) is 66.0. The van der Waals surface area contributed by atoms with Crippen LogP contribution in [-0.4, -0.2) is 52.7 Å². The summed E-state index contributed by atoms with van der Waals surface area (Å²) in [5.74, 6) is 0.726. The fourth-order valence-corrected chi connectivity index (χ4v) is 39.1. The lowest BCUT2D eigenvalue weighted by Crippen LogP contribution is -2.75. The van der Waals surface area contributed by atoms with Crippen molar-refractivity contribution in [1.29, 1.82) is 0 Å². The average molecular weight is 1610 g/mol. The topological polar surface area (TPSA) is 80.9 Å². The van der Waals surface area contributed by atoms with Crippen LogP contribution >= 0.6 is 0 Å². The van der Waals surface area contributed by atoms with Gasteiger partial charge in [0.05, 0.1) is 0 Å². The smallest absolute Gasteiger partial charge is 0.184 e. The molecular weight excluding hydrogens is 1520 g/mol. The molecule has 0 heterocycles. The van der Waals surface area contributed by atoms with E-state index in [2.05, 4.69) is 461 Å². The van der Waals surface area contributed by atoms with Gasteiger partial charge in [0.1, 0.15) is 23.0 Å². The van der Waals surface area contributed by atoms with E-state index in [1.165, 1.54) is 0 Å². The average Bonchev–Trinajstić information content (AvgIpc) is 0.707. The van der Waals surface area contributed by atoms with E-state index in [-0.39, 0.29) is 23.0 Å². The van der Waals surface area contributed by atoms with E-state index in [9.17, 15) is 20.4 Å². The summed E-state index contributed by atoms with van der Waals surface area (Å²) in [6, 6.07) is 170. The number of fused-ring (bicyclic) bond motifs is 4. The van der Waals surface area contributed by atoms with Crippen LogP contribution < -0.4 is 83.0 Å². The lowest BCUT2D eigenvalue weighted by atomic mass is 9.92. The molecular formula is C112H84O4Si4. The highest BCUT2D eigenvalue weighted by molar-refractivity contribution is 7.22. The minimum absolute atomic E-state index is 0.181. The van der Waals surface area contributed by atoms with E-state index in [1.54, 1.807) is 0 Å². The van der Waals surface area contributed by atoms with E-state index < -0.39 is 32.3 Å². The van der Waals surface area contributed by atoms with Crippen LogP contribution in [-0.2, 0) is 0 Å². The second-order valence-corrected chi connectivity index (χ2v) is 46.0. The summed E-state index contributed by atoms with van der Waals surface area (Å²) in [6.45, 7) is 0. The van der Waals surface area contributed by atoms with Crippen molar-refractivity contribution in [3.8, 4) is 45.3 Å². The maximum atomic E-state index is 13.6. The Hall–Kier alpha value is -14.5. The molecule has 20 rings (SSSR count). The molecule has 4 nitrogen and oxygen atoms in total. The Bertz CT molecular complexity index is 5780. The van der Waals surface area contributed by atoms with Gasteiger partial charge in [-0.25, -0.2) is 0 Å². The number of hydrogen-bond donors (Lipinski definition) is 4. The fourth-order valence-electron chi connectivity index (χ4n) is 19.6. The molecule has 0 aromatic heterocycles. The van der Waals surface area contributed by atoms with Gasteiger partial charge in [0.15, 0.2) is 32.3 Å². The summed E-state index contributed by atoms with van der Waals surface area (Å²) in [6.07, 6.45) is 0. The number of phenols is 4. The molecule has 0 aliphatic carbocycles. The molecule has 0 aliphatic rings. The molecule has 0 radical (unpaired) electrons. The lowest BCUT2D eigenvalue weighted by Gasteiger charge is -2.37. The molecule has 4 N–H and O–H groups in total. The number of aromatic hydroxyl groups is 4. The first-order valence-electron chi connectivity index (χ1n) is 40.9. The van der Waals surface area contributed by atoms with Crippen molar-refractivity contribution in [1.82, 2.24) is 0 Å². The number of phenolic OH excluding ortho intramolecular Hbond substituents is 4. The Labute approximate surface area is 704 Å². The van der Waals surface area contributed by atoms with E-state index in [0.29, 0.717) is 22.3 Å². The molecule has 0 spiro atoms. The molecule has 572 valence electrons. The maximum absolute atomic E-state index is 13.6. The molecule has 0 amide bonds.